The van der Waals surface area contributed by atoms with Gasteiger partial charge in [-0.05, 0) is 93.3 Å². The van der Waals surface area contributed by atoms with Crippen LogP contribution in [0, 0.1) is 45.3 Å². The first kappa shape index (κ1) is 54.3. The third-order valence-electron chi connectivity index (χ3n) is 20.2. The van der Waals surface area contributed by atoms with E-state index in [-0.39, 0.29) is 53.3 Å². The van der Waals surface area contributed by atoms with Gasteiger partial charge in [0.2, 0.25) is 0 Å². The monoisotopic (exact) mass is 1030 g/mol. The van der Waals surface area contributed by atoms with Gasteiger partial charge >= 0.3 is 0 Å². The lowest BCUT2D eigenvalue weighted by Gasteiger charge is -2.69. The Balaban J connectivity index is 0.908. The van der Waals surface area contributed by atoms with Gasteiger partial charge in [-0.1, -0.05) is 39.3 Å². The van der Waals surface area contributed by atoms with Crippen molar-refractivity contribution in [2.24, 2.45) is 45.3 Å². The summed E-state index contributed by atoms with van der Waals surface area (Å²) in [5, 5.41) is 117. The fourth-order valence-corrected chi connectivity index (χ4v) is 16.9. The van der Waals surface area contributed by atoms with E-state index in [0.29, 0.717) is 31.8 Å². The third kappa shape index (κ3) is 8.36. The Labute approximate surface area is 420 Å². The molecule has 2 spiro atoms. The van der Waals surface area contributed by atoms with Crippen LogP contribution in [0.4, 0.5) is 0 Å². The van der Waals surface area contributed by atoms with Gasteiger partial charge in [-0.3, -0.25) is 0 Å². The normalized spacial score (nSPS) is 56.9. The van der Waals surface area contributed by atoms with Gasteiger partial charge in [-0.25, -0.2) is 0 Å². The summed E-state index contributed by atoms with van der Waals surface area (Å²) < 4.78 is 64.1. The molecule has 28 unspecified atom stereocenters. The number of aliphatic hydroxyl groups excluding tert-OH is 11. The summed E-state index contributed by atoms with van der Waals surface area (Å²) in [5.41, 5.74) is -1.01. The van der Waals surface area contributed by atoms with Crippen LogP contribution in [0.25, 0.3) is 0 Å². The van der Waals surface area contributed by atoms with Crippen molar-refractivity contribution in [3.05, 3.63) is 11.6 Å². The molecule has 4 saturated carbocycles. The molecular formula is C51H82O21. The minimum atomic E-state index is -1.82. The highest BCUT2D eigenvalue weighted by Crippen LogP contribution is 2.81. The summed E-state index contributed by atoms with van der Waals surface area (Å²) in [5.74, 6) is -0.465. The van der Waals surface area contributed by atoms with E-state index in [1.54, 1.807) is 0 Å². The molecule has 0 radical (unpaired) electrons. The van der Waals surface area contributed by atoms with Crippen LogP contribution in [-0.2, 0) is 47.4 Å². The molecule has 412 valence electrons. The molecule has 28 atom stereocenters. The maximum atomic E-state index is 11.4. The summed E-state index contributed by atoms with van der Waals surface area (Å²) in [6, 6.07) is 0. The molecule has 6 aliphatic heterocycles. The number of allylic oxidation sites excluding steroid dienone is 1. The van der Waals surface area contributed by atoms with Crippen LogP contribution in [0.3, 0.4) is 0 Å². The molecule has 21 heteroatoms. The summed E-state index contributed by atoms with van der Waals surface area (Å²) in [7, 11) is 0. The van der Waals surface area contributed by atoms with Crippen molar-refractivity contribution in [2.45, 2.75) is 228 Å². The summed E-state index contributed by atoms with van der Waals surface area (Å²) in [6.45, 7) is 14.1. The Morgan fingerprint density at radius 1 is 0.625 bits per heavy atom. The number of rotatable bonds is 11. The lowest BCUT2D eigenvalue weighted by molar-refractivity contribution is -0.388. The average Bonchev–Trinajstić information content (AvgIpc) is 3.91. The number of hydrogen-bond donors (Lipinski definition) is 11. The molecule has 72 heavy (non-hydrogen) atoms. The first-order valence-corrected chi connectivity index (χ1v) is 26.4. The van der Waals surface area contributed by atoms with Crippen LogP contribution in [0.1, 0.15) is 99.8 Å². The van der Waals surface area contributed by atoms with E-state index in [2.05, 4.69) is 40.7 Å². The van der Waals surface area contributed by atoms with Crippen molar-refractivity contribution < 1.29 is 104 Å². The van der Waals surface area contributed by atoms with Crippen LogP contribution in [0.5, 0.6) is 0 Å². The van der Waals surface area contributed by atoms with Crippen molar-refractivity contribution in [1.29, 1.82) is 0 Å². The zero-order valence-corrected chi connectivity index (χ0v) is 42.6. The lowest BCUT2D eigenvalue weighted by Crippen LogP contribution is -2.69. The Morgan fingerprint density at radius 3 is 1.90 bits per heavy atom. The molecule has 21 nitrogen and oxygen atoms in total. The molecule has 10 fully saturated rings. The highest BCUT2D eigenvalue weighted by Gasteiger charge is 2.83. The second-order valence-corrected chi connectivity index (χ2v) is 24.8. The maximum Gasteiger partial charge on any atom is 0.187 e. The molecule has 0 aromatic rings. The van der Waals surface area contributed by atoms with Crippen molar-refractivity contribution >= 4 is 0 Å². The molecule has 4 aliphatic carbocycles. The standard InChI is InChI=1S/C51H82O21/c1-22(2)14-23-15-49(7,72-41-36(60)32(56)26(54)18-63-41)45-48(6)13-10-24-25(50(48)20-51(45,71-23)65-21-50)8-9-30-46(3,4)31(11-12-47(24,30)5)68-44-40(70-42-37(61)34(58)29(17-53)67-42)39(27(55)19-64-44)69-43-38(62)35(59)33(57)28(16-52)66-43/h14,23-45,52-62H,8-13,15-21H2,1-7H3. The predicted octanol–water partition coefficient (Wildman–Crippen LogP) is -0.931. The van der Waals surface area contributed by atoms with E-state index in [4.69, 9.17) is 47.4 Å². The number of aliphatic hydroxyl groups is 11. The number of fused-ring (bicyclic) bond motifs is 4. The second kappa shape index (κ2) is 19.4. The van der Waals surface area contributed by atoms with Gasteiger partial charge in [0.05, 0.1) is 50.8 Å². The molecular weight excluding hydrogens is 949 g/mol. The van der Waals surface area contributed by atoms with Crippen molar-refractivity contribution in [1.82, 2.24) is 0 Å². The zero-order valence-electron chi connectivity index (χ0n) is 42.6. The van der Waals surface area contributed by atoms with Gasteiger partial charge in [0.1, 0.15) is 79.4 Å². The van der Waals surface area contributed by atoms with Crippen LogP contribution >= 0.6 is 0 Å². The van der Waals surface area contributed by atoms with Crippen LogP contribution in [0.15, 0.2) is 11.6 Å². The molecule has 0 aromatic carbocycles. The minimum Gasteiger partial charge on any atom is -0.394 e. The molecule has 6 saturated heterocycles. The van der Waals surface area contributed by atoms with Gasteiger partial charge in [-0.2, -0.15) is 0 Å². The third-order valence-corrected chi connectivity index (χ3v) is 20.2. The van der Waals surface area contributed by atoms with Crippen molar-refractivity contribution in [3.8, 4) is 0 Å². The molecule has 11 N–H and O–H groups in total. The summed E-state index contributed by atoms with van der Waals surface area (Å²) in [6.07, 6.45) is -17.5. The smallest absolute Gasteiger partial charge is 0.187 e. The Hall–Kier alpha value is -1.10. The van der Waals surface area contributed by atoms with E-state index >= 15 is 0 Å². The molecule has 0 aromatic heterocycles. The predicted molar refractivity (Wildman–Crippen MR) is 245 cm³/mol. The molecule has 10 rings (SSSR count). The van der Waals surface area contributed by atoms with Gasteiger partial charge in [0.15, 0.2) is 30.9 Å². The highest BCUT2D eigenvalue weighted by molar-refractivity contribution is 5.28. The largest absolute Gasteiger partial charge is 0.394 e. The molecule has 10 aliphatic rings. The SMILES string of the molecule is CC(C)=CC1CC(C)(OC2OCC(O)C(O)C2O)C2C3(CC4(CO3)C3CCC5C(C)(C)C(OC6OCC(O)C(OC7OC(CO)C(O)C(O)C7O)C6OC6OC(CO)C(O)C6O)CCC5(C)C3CCC24C)O1. The second-order valence-electron chi connectivity index (χ2n) is 24.8. The van der Waals surface area contributed by atoms with E-state index in [9.17, 15) is 56.2 Å². The highest BCUT2D eigenvalue weighted by atomic mass is 16.8. The molecule has 0 amide bonds. The average molecular weight is 1030 g/mol. The van der Waals surface area contributed by atoms with E-state index in [0.717, 1.165) is 37.7 Å². The maximum absolute atomic E-state index is 11.4. The Bertz CT molecular complexity index is 1970. The van der Waals surface area contributed by atoms with Crippen LogP contribution < -0.4 is 0 Å². The fraction of sp³-hybridized carbons (Fsp3) is 0.961. The topological polar surface area (TPSA) is 315 Å². The Morgan fingerprint density at radius 2 is 1.24 bits per heavy atom. The first-order valence-electron chi connectivity index (χ1n) is 26.4. The molecule has 6 heterocycles. The summed E-state index contributed by atoms with van der Waals surface area (Å²) >= 11 is 0. The quantitative estimate of drug-likeness (QED) is 0.0880. The number of hydrogen-bond acceptors (Lipinski definition) is 21. The van der Waals surface area contributed by atoms with Gasteiger partial charge in [0, 0.05) is 24.2 Å². The van der Waals surface area contributed by atoms with E-state index in [1.807, 2.05) is 13.8 Å². The summed E-state index contributed by atoms with van der Waals surface area (Å²) in [4.78, 5) is 0. The van der Waals surface area contributed by atoms with Crippen LogP contribution in [-0.4, -0.2) is 217 Å². The zero-order chi connectivity index (χ0) is 51.8. The number of ether oxygens (including phenoxy) is 10. The lowest BCUT2D eigenvalue weighted by atomic mass is 9.37. The first-order chi connectivity index (χ1) is 33.9. The Kier molecular flexibility index (Phi) is 14.6. The van der Waals surface area contributed by atoms with Gasteiger partial charge < -0.3 is 104 Å². The molecule has 2 bridgehead atoms. The van der Waals surface area contributed by atoms with Crippen molar-refractivity contribution in [2.75, 3.05) is 33.0 Å². The van der Waals surface area contributed by atoms with Crippen LogP contribution in [0.2, 0.25) is 0 Å². The minimum absolute atomic E-state index is 0.139. The van der Waals surface area contributed by atoms with Gasteiger partial charge in [0.25, 0.3) is 0 Å². The van der Waals surface area contributed by atoms with Gasteiger partial charge in [-0.15, -0.1) is 0 Å². The fourth-order valence-electron chi connectivity index (χ4n) is 16.9. The van der Waals surface area contributed by atoms with Crippen molar-refractivity contribution in [3.63, 3.8) is 0 Å². The van der Waals surface area contributed by atoms with E-state index in [1.165, 1.54) is 0 Å². The van der Waals surface area contributed by atoms with E-state index < -0.39 is 141 Å².